The van der Waals surface area contributed by atoms with E-state index in [0.29, 0.717) is 6.04 Å². The van der Waals surface area contributed by atoms with Crippen molar-refractivity contribution in [2.24, 2.45) is 0 Å². The van der Waals surface area contributed by atoms with Crippen LogP contribution in [0.3, 0.4) is 0 Å². The van der Waals surface area contributed by atoms with Gasteiger partial charge in [0.15, 0.2) is 0 Å². The molecular formula is C15H20ClN. The highest BCUT2D eigenvalue weighted by Gasteiger charge is 2.26. The quantitative estimate of drug-likeness (QED) is 0.730. The molecule has 0 saturated heterocycles. The van der Waals surface area contributed by atoms with Crippen molar-refractivity contribution in [1.29, 1.82) is 0 Å². The van der Waals surface area contributed by atoms with E-state index in [4.69, 9.17) is 18.0 Å². The number of rotatable bonds is 4. The van der Waals surface area contributed by atoms with E-state index in [1.54, 1.807) is 0 Å². The third-order valence-electron chi connectivity index (χ3n) is 2.94. The summed E-state index contributed by atoms with van der Waals surface area (Å²) in [6, 6.07) is 8.31. The van der Waals surface area contributed by atoms with Gasteiger partial charge in [-0.25, -0.2) is 0 Å². The molecule has 0 aromatic heterocycles. The summed E-state index contributed by atoms with van der Waals surface area (Å²) in [4.78, 5) is 2.29. The molecule has 1 aromatic rings. The Hall–Kier alpha value is -0.970. The second kappa shape index (κ2) is 5.58. The minimum Gasteiger partial charge on any atom is -0.281 e. The van der Waals surface area contributed by atoms with Crippen LogP contribution in [-0.4, -0.2) is 16.5 Å². The van der Waals surface area contributed by atoms with Crippen LogP contribution >= 0.6 is 11.6 Å². The monoisotopic (exact) mass is 249 g/mol. The van der Waals surface area contributed by atoms with Crippen LogP contribution in [-0.2, 0) is 6.54 Å². The zero-order chi connectivity index (χ0) is 13.1. The van der Waals surface area contributed by atoms with Crippen molar-refractivity contribution < 1.29 is 0 Å². The van der Waals surface area contributed by atoms with Gasteiger partial charge in [-0.1, -0.05) is 29.7 Å². The molecule has 0 aliphatic rings. The van der Waals surface area contributed by atoms with E-state index < -0.39 is 0 Å². The van der Waals surface area contributed by atoms with Gasteiger partial charge in [0.1, 0.15) is 0 Å². The molecule has 0 bridgehead atoms. The van der Waals surface area contributed by atoms with Crippen LogP contribution in [0.4, 0.5) is 0 Å². The second-order valence-electron chi connectivity index (χ2n) is 5.05. The van der Waals surface area contributed by atoms with Crippen LogP contribution in [0.5, 0.6) is 0 Å². The third-order valence-corrected chi connectivity index (χ3v) is 3.17. The maximum atomic E-state index is 6.00. The average molecular weight is 250 g/mol. The van der Waals surface area contributed by atoms with E-state index in [0.717, 1.165) is 11.6 Å². The van der Waals surface area contributed by atoms with E-state index >= 15 is 0 Å². The molecule has 0 heterocycles. The first-order valence-corrected chi connectivity index (χ1v) is 6.23. The van der Waals surface area contributed by atoms with Gasteiger partial charge in [0.2, 0.25) is 0 Å². The number of benzene rings is 1. The summed E-state index contributed by atoms with van der Waals surface area (Å²) in [5.74, 6) is 2.85. The van der Waals surface area contributed by atoms with Crippen molar-refractivity contribution >= 4 is 11.6 Å². The van der Waals surface area contributed by atoms with Gasteiger partial charge < -0.3 is 0 Å². The lowest BCUT2D eigenvalue weighted by molar-refractivity contribution is 0.119. The lowest BCUT2D eigenvalue weighted by atomic mass is 10.0. The van der Waals surface area contributed by atoms with E-state index in [9.17, 15) is 0 Å². The minimum atomic E-state index is -0.253. The number of terminal acetylenes is 1. The van der Waals surface area contributed by atoms with Gasteiger partial charge in [-0.05, 0) is 45.4 Å². The molecule has 0 unspecified atom stereocenters. The molecule has 0 atom stereocenters. The fraction of sp³-hybridized carbons (Fsp3) is 0.467. The Kier molecular flexibility index (Phi) is 4.62. The summed E-state index contributed by atoms with van der Waals surface area (Å²) in [5, 5.41) is 0.768. The summed E-state index contributed by atoms with van der Waals surface area (Å²) in [5.41, 5.74) is 0.936. The highest BCUT2D eigenvalue weighted by Crippen LogP contribution is 2.21. The summed E-state index contributed by atoms with van der Waals surface area (Å²) in [7, 11) is 0. The van der Waals surface area contributed by atoms with Crippen LogP contribution in [0.1, 0.15) is 33.3 Å². The summed E-state index contributed by atoms with van der Waals surface area (Å²) in [6.45, 7) is 9.26. The third kappa shape index (κ3) is 3.77. The summed E-state index contributed by atoms with van der Waals surface area (Å²) in [6.07, 6.45) is 5.61. The first-order valence-electron chi connectivity index (χ1n) is 5.86. The molecule has 1 rings (SSSR count). The van der Waals surface area contributed by atoms with Gasteiger partial charge in [-0.3, -0.25) is 4.90 Å². The lowest BCUT2D eigenvalue weighted by Gasteiger charge is -2.38. The fourth-order valence-corrected chi connectivity index (χ4v) is 2.15. The van der Waals surface area contributed by atoms with Crippen molar-refractivity contribution in [3.05, 3.63) is 34.9 Å². The maximum absolute atomic E-state index is 6.00. The van der Waals surface area contributed by atoms with Gasteiger partial charge in [0.25, 0.3) is 0 Å². The van der Waals surface area contributed by atoms with Crippen LogP contribution in [0.2, 0.25) is 5.02 Å². The van der Waals surface area contributed by atoms with Crippen LogP contribution in [0, 0.1) is 12.3 Å². The van der Waals surface area contributed by atoms with Gasteiger partial charge in [0.05, 0.1) is 5.54 Å². The Bertz CT molecular complexity index is 415. The van der Waals surface area contributed by atoms with Gasteiger partial charge >= 0.3 is 0 Å². The zero-order valence-corrected chi connectivity index (χ0v) is 11.8. The number of hydrogen-bond donors (Lipinski definition) is 0. The highest BCUT2D eigenvalue weighted by atomic mass is 35.5. The van der Waals surface area contributed by atoms with E-state index in [1.807, 2.05) is 18.2 Å². The largest absolute Gasteiger partial charge is 0.281 e. The molecule has 17 heavy (non-hydrogen) atoms. The number of halogens is 1. The number of nitrogens with zero attached hydrogens (tertiary/aromatic N) is 1. The topological polar surface area (TPSA) is 3.24 Å². The summed E-state index contributed by atoms with van der Waals surface area (Å²) < 4.78 is 0. The SMILES string of the molecule is C#CC(C)(C)N(Cc1cccc(Cl)c1)C(C)C. The normalized spacial score (nSPS) is 11.9. The van der Waals surface area contributed by atoms with Gasteiger partial charge in [-0.2, -0.15) is 0 Å². The molecule has 0 N–H and O–H groups in total. The van der Waals surface area contributed by atoms with Crippen LogP contribution in [0.25, 0.3) is 0 Å². The van der Waals surface area contributed by atoms with Crippen LogP contribution in [0.15, 0.2) is 24.3 Å². The predicted molar refractivity (Wildman–Crippen MR) is 75.0 cm³/mol. The average Bonchev–Trinajstić information content (AvgIpc) is 2.25. The standard InChI is InChI=1S/C15H20ClN/c1-6-15(4,5)17(12(2)3)11-13-8-7-9-14(16)10-13/h1,7-10,12H,11H2,2-5H3. The fourth-order valence-electron chi connectivity index (χ4n) is 1.94. The summed E-state index contributed by atoms with van der Waals surface area (Å²) >= 11 is 6.00. The van der Waals surface area contributed by atoms with E-state index in [1.165, 1.54) is 5.56 Å². The molecule has 0 aliphatic heterocycles. The molecule has 1 aromatic carbocycles. The lowest BCUT2D eigenvalue weighted by Crippen LogP contribution is -2.46. The Morgan fingerprint density at radius 2 is 2.06 bits per heavy atom. The van der Waals surface area contributed by atoms with Crippen molar-refractivity contribution in [2.45, 2.75) is 45.8 Å². The van der Waals surface area contributed by atoms with Crippen molar-refractivity contribution in [1.82, 2.24) is 4.90 Å². The molecule has 92 valence electrons. The van der Waals surface area contributed by atoms with Crippen LogP contribution < -0.4 is 0 Å². The Morgan fingerprint density at radius 1 is 1.41 bits per heavy atom. The maximum Gasteiger partial charge on any atom is 0.0771 e. The first kappa shape index (κ1) is 14.1. The van der Waals surface area contributed by atoms with Gasteiger partial charge in [0, 0.05) is 17.6 Å². The molecule has 0 aliphatic carbocycles. The molecule has 1 nitrogen and oxygen atoms in total. The molecular weight excluding hydrogens is 230 g/mol. The Labute approximate surface area is 110 Å². The smallest absolute Gasteiger partial charge is 0.0771 e. The van der Waals surface area contributed by atoms with Crippen molar-refractivity contribution in [3.8, 4) is 12.3 Å². The predicted octanol–water partition coefficient (Wildman–Crippen LogP) is 3.96. The van der Waals surface area contributed by atoms with Crippen molar-refractivity contribution in [3.63, 3.8) is 0 Å². The molecule has 0 spiro atoms. The number of hydrogen-bond acceptors (Lipinski definition) is 1. The molecule has 0 amide bonds. The Balaban J connectivity index is 2.93. The second-order valence-corrected chi connectivity index (χ2v) is 5.49. The van der Waals surface area contributed by atoms with E-state index in [-0.39, 0.29) is 5.54 Å². The zero-order valence-electron chi connectivity index (χ0n) is 11.0. The van der Waals surface area contributed by atoms with Crippen molar-refractivity contribution in [2.75, 3.05) is 0 Å². The van der Waals surface area contributed by atoms with Gasteiger partial charge in [-0.15, -0.1) is 6.42 Å². The van der Waals surface area contributed by atoms with E-state index in [2.05, 4.69) is 44.6 Å². The molecule has 0 saturated carbocycles. The molecule has 0 fully saturated rings. The Morgan fingerprint density at radius 3 is 2.53 bits per heavy atom. The molecule has 2 heteroatoms. The first-order chi connectivity index (χ1) is 7.86. The highest BCUT2D eigenvalue weighted by molar-refractivity contribution is 6.30. The molecule has 0 radical (unpaired) electrons. The minimum absolute atomic E-state index is 0.253.